The average Bonchev–Trinajstić information content (AvgIpc) is 2.56. The number of nitrogens with zero attached hydrogens (tertiary/aromatic N) is 2. The first kappa shape index (κ1) is 14.8. The molecule has 1 unspecified atom stereocenters. The average molecular weight is 281 g/mol. The van der Waals surface area contributed by atoms with Crippen molar-refractivity contribution in [3.05, 3.63) is 11.4 Å². The Morgan fingerprint density at radius 3 is 2.58 bits per heavy atom. The highest BCUT2D eigenvalue weighted by atomic mass is 32.2. The van der Waals surface area contributed by atoms with Crippen LogP contribution in [-0.4, -0.2) is 27.3 Å². The maximum atomic E-state index is 4.66. The summed E-state index contributed by atoms with van der Waals surface area (Å²) in [4.78, 5) is 0. The molecular weight excluding hydrogens is 254 g/mol. The van der Waals surface area contributed by atoms with Gasteiger partial charge in [0.1, 0.15) is 0 Å². The number of anilines is 1. The zero-order valence-corrected chi connectivity index (χ0v) is 13.9. The van der Waals surface area contributed by atoms with Crippen LogP contribution in [0.2, 0.25) is 0 Å². The van der Waals surface area contributed by atoms with E-state index in [0.717, 1.165) is 5.69 Å². The van der Waals surface area contributed by atoms with Gasteiger partial charge in [0.25, 0.3) is 0 Å². The summed E-state index contributed by atoms with van der Waals surface area (Å²) in [6.07, 6.45) is 1.24. The Kier molecular flexibility index (Phi) is 4.19. The summed E-state index contributed by atoms with van der Waals surface area (Å²) in [7, 11) is 0. The monoisotopic (exact) mass is 281 g/mol. The van der Waals surface area contributed by atoms with Crippen molar-refractivity contribution in [3.8, 4) is 0 Å². The van der Waals surface area contributed by atoms with E-state index in [9.17, 15) is 0 Å². The molecule has 4 heteroatoms. The first-order valence-electron chi connectivity index (χ1n) is 7.20. The summed E-state index contributed by atoms with van der Waals surface area (Å²) >= 11 is 2.06. The third-order valence-electron chi connectivity index (χ3n) is 3.77. The molecule has 1 aliphatic heterocycles. The first-order valence-corrected chi connectivity index (χ1v) is 8.35. The third kappa shape index (κ3) is 3.28. The van der Waals surface area contributed by atoms with Crippen molar-refractivity contribution in [2.75, 3.05) is 16.8 Å². The second kappa shape index (κ2) is 5.39. The maximum absolute atomic E-state index is 4.66. The quantitative estimate of drug-likeness (QED) is 0.907. The number of nitrogens with one attached hydrogen (secondary N) is 1. The van der Waals surface area contributed by atoms with E-state index in [2.05, 4.69) is 68.4 Å². The molecule has 3 nitrogen and oxygen atoms in total. The van der Waals surface area contributed by atoms with Crippen LogP contribution in [0.1, 0.15) is 51.5 Å². The predicted octanol–water partition coefficient (Wildman–Crippen LogP) is 4.02. The molecule has 0 saturated carbocycles. The highest BCUT2D eigenvalue weighted by Gasteiger charge is 2.29. The SMILES string of the molecule is Cc1nn(C(C)C)c(C)c1NC1CSCC(C)(C)C1. The van der Waals surface area contributed by atoms with Gasteiger partial charge in [-0.25, -0.2) is 0 Å². The van der Waals surface area contributed by atoms with Gasteiger partial charge in [-0.1, -0.05) is 13.8 Å². The molecule has 19 heavy (non-hydrogen) atoms. The van der Waals surface area contributed by atoms with E-state index >= 15 is 0 Å². The highest BCUT2D eigenvalue weighted by Crippen LogP contribution is 2.35. The van der Waals surface area contributed by atoms with Crippen LogP contribution in [0.25, 0.3) is 0 Å². The lowest BCUT2D eigenvalue weighted by molar-refractivity contribution is 0.358. The number of rotatable bonds is 3. The van der Waals surface area contributed by atoms with Crippen molar-refractivity contribution in [1.29, 1.82) is 0 Å². The predicted molar refractivity (Wildman–Crippen MR) is 85.2 cm³/mol. The Labute approximate surface area is 121 Å². The largest absolute Gasteiger partial charge is 0.378 e. The molecular formula is C15H27N3S. The Morgan fingerprint density at radius 1 is 1.37 bits per heavy atom. The van der Waals surface area contributed by atoms with Crippen LogP contribution in [0.4, 0.5) is 5.69 Å². The molecule has 0 spiro atoms. The standard InChI is InChI=1S/C15H27N3S/c1-10(2)18-12(4)14(11(3)17-18)16-13-7-15(5,6)9-19-8-13/h10,13,16H,7-9H2,1-6H3. The molecule has 1 N–H and O–H groups in total. The Hall–Kier alpha value is -0.640. The molecule has 1 saturated heterocycles. The van der Waals surface area contributed by atoms with Crippen LogP contribution >= 0.6 is 11.8 Å². The van der Waals surface area contributed by atoms with Crippen LogP contribution in [0.3, 0.4) is 0 Å². The van der Waals surface area contributed by atoms with E-state index in [1.807, 2.05) is 0 Å². The van der Waals surface area contributed by atoms with Crippen LogP contribution in [-0.2, 0) is 0 Å². The van der Waals surface area contributed by atoms with E-state index in [-0.39, 0.29) is 0 Å². The van der Waals surface area contributed by atoms with Crippen LogP contribution in [0, 0.1) is 19.3 Å². The fourth-order valence-electron chi connectivity index (χ4n) is 2.93. The van der Waals surface area contributed by atoms with Gasteiger partial charge in [-0.2, -0.15) is 16.9 Å². The molecule has 1 aromatic rings. The minimum absolute atomic E-state index is 0.423. The van der Waals surface area contributed by atoms with Gasteiger partial charge in [-0.3, -0.25) is 4.68 Å². The van der Waals surface area contributed by atoms with E-state index < -0.39 is 0 Å². The van der Waals surface area contributed by atoms with Crippen molar-refractivity contribution in [3.63, 3.8) is 0 Å². The topological polar surface area (TPSA) is 29.9 Å². The first-order chi connectivity index (χ1) is 8.80. The molecule has 2 rings (SSSR count). The second-order valence-electron chi connectivity index (χ2n) is 6.81. The lowest BCUT2D eigenvalue weighted by Gasteiger charge is -2.35. The second-order valence-corrected chi connectivity index (χ2v) is 7.84. The van der Waals surface area contributed by atoms with Gasteiger partial charge < -0.3 is 5.32 Å². The third-order valence-corrected chi connectivity index (χ3v) is 5.40. The molecule has 0 radical (unpaired) electrons. The molecule has 1 aliphatic rings. The van der Waals surface area contributed by atoms with Gasteiger partial charge >= 0.3 is 0 Å². The molecule has 2 heterocycles. The molecule has 0 amide bonds. The van der Waals surface area contributed by atoms with Crippen molar-refractivity contribution in [2.45, 2.75) is 60.0 Å². The minimum atomic E-state index is 0.423. The molecule has 0 bridgehead atoms. The number of hydrogen-bond donors (Lipinski definition) is 1. The summed E-state index contributed by atoms with van der Waals surface area (Å²) < 4.78 is 2.12. The summed E-state index contributed by atoms with van der Waals surface area (Å²) in [6.45, 7) is 13.4. The zero-order chi connectivity index (χ0) is 14.2. The lowest BCUT2D eigenvalue weighted by atomic mass is 9.87. The van der Waals surface area contributed by atoms with Gasteiger partial charge in [0.05, 0.1) is 17.1 Å². The lowest BCUT2D eigenvalue weighted by Crippen LogP contribution is -2.35. The van der Waals surface area contributed by atoms with Crippen molar-refractivity contribution in [2.24, 2.45) is 5.41 Å². The summed E-state index contributed by atoms with van der Waals surface area (Å²) in [5, 5.41) is 8.40. The maximum Gasteiger partial charge on any atom is 0.0828 e. The molecule has 108 valence electrons. The number of aryl methyl sites for hydroxylation is 1. The van der Waals surface area contributed by atoms with Crippen LogP contribution < -0.4 is 5.32 Å². The van der Waals surface area contributed by atoms with Crippen LogP contribution in [0.15, 0.2) is 0 Å². The van der Waals surface area contributed by atoms with Crippen molar-refractivity contribution < 1.29 is 0 Å². The fourth-order valence-corrected chi connectivity index (χ4v) is 4.21. The minimum Gasteiger partial charge on any atom is -0.378 e. The fraction of sp³-hybridized carbons (Fsp3) is 0.800. The normalized spacial score (nSPS) is 22.8. The van der Waals surface area contributed by atoms with Crippen LogP contribution in [0.5, 0.6) is 0 Å². The van der Waals surface area contributed by atoms with Crippen molar-refractivity contribution >= 4 is 17.4 Å². The van der Waals surface area contributed by atoms with Crippen molar-refractivity contribution in [1.82, 2.24) is 9.78 Å². The molecule has 1 fully saturated rings. The van der Waals surface area contributed by atoms with Gasteiger partial charge in [0.15, 0.2) is 0 Å². The Morgan fingerprint density at radius 2 is 2.05 bits per heavy atom. The summed E-state index contributed by atoms with van der Waals surface area (Å²) in [5.41, 5.74) is 4.08. The van der Waals surface area contributed by atoms with Gasteiger partial charge in [0, 0.05) is 17.8 Å². The molecule has 1 aromatic heterocycles. The number of thioether (sulfide) groups is 1. The summed E-state index contributed by atoms with van der Waals surface area (Å²) in [5.74, 6) is 2.48. The smallest absolute Gasteiger partial charge is 0.0828 e. The number of hydrogen-bond acceptors (Lipinski definition) is 3. The molecule has 0 aromatic carbocycles. The van der Waals surface area contributed by atoms with E-state index in [0.29, 0.717) is 17.5 Å². The molecule has 1 atom stereocenters. The van der Waals surface area contributed by atoms with E-state index in [1.165, 1.54) is 29.3 Å². The Bertz CT molecular complexity index is 448. The Balaban J connectivity index is 2.15. The molecule has 0 aliphatic carbocycles. The van der Waals surface area contributed by atoms with E-state index in [1.54, 1.807) is 0 Å². The summed E-state index contributed by atoms with van der Waals surface area (Å²) in [6, 6.07) is 0.988. The zero-order valence-electron chi connectivity index (χ0n) is 13.1. The van der Waals surface area contributed by atoms with Gasteiger partial charge in [-0.05, 0) is 45.3 Å². The van der Waals surface area contributed by atoms with E-state index in [4.69, 9.17) is 0 Å². The number of aromatic nitrogens is 2. The van der Waals surface area contributed by atoms with Gasteiger partial charge in [0.2, 0.25) is 0 Å². The van der Waals surface area contributed by atoms with Gasteiger partial charge in [-0.15, -0.1) is 0 Å². The highest BCUT2D eigenvalue weighted by molar-refractivity contribution is 7.99.